The fourth-order valence-electron chi connectivity index (χ4n) is 3.25. The van der Waals surface area contributed by atoms with Crippen molar-refractivity contribution < 1.29 is 38.2 Å². The molecule has 0 unspecified atom stereocenters. The Morgan fingerprint density at radius 1 is 1.46 bits per heavy atom. The molecule has 3 heterocycles. The van der Waals surface area contributed by atoms with Crippen molar-refractivity contribution in [2.24, 2.45) is 10.9 Å². The van der Waals surface area contributed by atoms with Crippen molar-refractivity contribution in [2.75, 3.05) is 6.61 Å². The first-order valence-corrected chi connectivity index (χ1v) is 10.4. The Balaban J connectivity index is 2.02. The van der Waals surface area contributed by atoms with Gasteiger partial charge in [-0.15, -0.1) is 0 Å². The Labute approximate surface area is 159 Å². The normalized spacial score (nSPS) is 27.8. The summed E-state index contributed by atoms with van der Waals surface area (Å²) in [5.41, 5.74) is -1.65. The Kier molecular flexibility index (Phi) is 5.66. The molecule has 0 aliphatic carbocycles. The lowest BCUT2D eigenvalue weighted by atomic mass is 9.98. The minimum absolute atomic E-state index is 0.0444. The molecule has 1 aromatic heterocycles. The summed E-state index contributed by atoms with van der Waals surface area (Å²) >= 11 is 0. The number of alkyl halides is 1. The van der Waals surface area contributed by atoms with E-state index < -0.39 is 44.1 Å². The van der Waals surface area contributed by atoms with Gasteiger partial charge in [0.15, 0.2) is 23.5 Å². The number of Topliss-reactive ketones (excluding diaryl/α,β-unsaturated/α-hetero) is 2. The maximum Gasteiger partial charge on any atom is 0.336 e. The molecule has 10 nitrogen and oxygen atoms in total. The fraction of sp³-hybridized carbons (Fsp3) is 0.625. The van der Waals surface area contributed by atoms with Gasteiger partial charge in [-0.1, -0.05) is 13.8 Å². The third kappa shape index (κ3) is 3.72. The van der Waals surface area contributed by atoms with Gasteiger partial charge in [0.25, 0.3) is 0 Å². The minimum Gasteiger partial charge on any atom is -0.394 e. The molecule has 0 aromatic carbocycles. The summed E-state index contributed by atoms with van der Waals surface area (Å²) in [6.07, 6.45) is -4.13. The van der Waals surface area contributed by atoms with Gasteiger partial charge in [-0.3, -0.25) is 18.7 Å². The third-order valence-corrected chi connectivity index (χ3v) is 6.13. The van der Waals surface area contributed by atoms with Crippen LogP contribution in [0.15, 0.2) is 11.3 Å². The molecule has 1 aromatic rings. The third-order valence-electron chi connectivity index (χ3n) is 4.81. The number of ketones is 2. The zero-order valence-electron chi connectivity index (χ0n) is 15.2. The van der Waals surface area contributed by atoms with Crippen molar-refractivity contribution in [3.63, 3.8) is 0 Å². The average Bonchev–Trinajstić information content (AvgIpc) is 3.15. The quantitative estimate of drug-likeness (QED) is 0.578. The number of carbonyl (C=O) groups is 2. The molecule has 12 heteroatoms. The van der Waals surface area contributed by atoms with Crippen LogP contribution in [0.1, 0.15) is 43.4 Å². The number of fused-ring (bicyclic) bond motifs is 1. The Hall–Kier alpha value is -1.78. The molecule has 0 radical (unpaired) electrons. The van der Waals surface area contributed by atoms with Crippen molar-refractivity contribution >= 4 is 30.7 Å². The number of rotatable bonds is 6. The van der Waals surface area contributed by atoms with E-state index in [1.54, 1.807) is 13.8 Å². The topological polar surface area (TPSA) is 151 Å². The van der Waals surface area contributed by atoms with Crippen LogP contribution in [0.25, 0.3) is 0 Å². The maximum atomic E-state index is 14.5. The molecule has 1 fully saturated rings. The molecule has 3 rings (SSSR count). The Morgan fingerprint density at radius 3 is 2.71 bits per heavy atom. The SMILES string of the molecule is CC(C)C(=O)CC1=Nc2c(ncn2[C@@H]2O[C@H](CO)[C@@H](F)[C@H]2P(=O)(O)O)C(=O)C1. The lowest BCUT2D eigenvalue weighted by Gasteiger charge is -2.23. The van der Waals surface area contributed by atoms with Crippen LogP contribution in [-0.2, 0) is 14.1 Å². The van der Waals surface area contributed by atoms with Crippen molar-refractivity contribution in [2.45, 2.75) is 50.9 Å². The highest BCUT2D eigenvalue weighted by atomic mass is 31.2. The average molecular weight is 417 g/mol. The zero-order chi connectivity index (χ0) is 20.8. The van der Waals surface area contributed by atoms with Gasteiger partial charge in [-0.05, 0) is 0 Å². The molecule has 1 saturated heterocycles. The second kappa shape index (κ2) is 7.57. The van der Waals surface area contributed by atoms with Crippen LogP contribution in [0.2, 0.25) is 0 Å². The van der Waals surface area contributed by atoms with E-state index >= 15 is 0 Å². The van der Waals surface area contributed by atoms with Crippen molar-refractivity contribution in [3.05, 3.63) is 12.0 Å². The summed E-state index contributed by atoms with van der Waals surface area (Å²) in [7, 11) is -4.97. The van der Waals surface area contributed by atoms with Gasteiger partial charge in [0.1, 0.15) is 23.7 Å². The molecular formula is C16H21FN3O7P. The molecule has 4 atom stereocenters. The van der Waals surface area contributed by atoms with E-state index in [9.17, 15) is 33.4 Å². The van der Waals surface area contributed by atoms with E-state index in [1.165, 1.54) is 0 Å². The molecule has 0 saturated carbocycles. The minimum atomic E-state index is -4.97. The number of aromatic nitrogens is 2. The standard InChI is InChI=1S/C16H21FN3O7P/c1-7(2)9(22)3-8-4-10(23)13-15(19-8)20(6-18-13)16-14(28(24,25)26)12(17)11(5-21)27-16/h6-7,11-12,14,16,21H,3-5H2,1-2H3,(H2,24,25,26)/t11-,12-,14-,16-/m1/s1. The molecule has 3 N–H and O–H groups in total. The fourth-order valence-corrected chi connectivity index (χ4v) is 4.36. The van der Waals surface area contributed by atoms with Gasteiger partial charge in [-0.2, -0.15) is 0 Å². The van der Waals surface area contributed by atoms with Crippen LogP contribution >= 0.6 is 7.60 Å². The Bertz CT molecular complexity index is 878. The van der Waals surface area contributed by atoms with Gasteiger partial charge in [0.2, 0.25) is 0 Å². The second-order valence-corrected chi connectivity index (χ2v) is 8.95. The number of hydrogen-bond acceptors (Lipinski definition) is 7. The summed E-state index contributed by atoms with van der Waals surface area (Å²) in [6, 6.07) is 0. The number of nitrogens with zero attached hydrogens (tertiary/aromatic N) is 3. The maximum absolute atomic E-state index is 14.5. The predicted molar refractivity (Wildman–Crippen MR) is 94.5 cm³/mol. The van der Waals surface area contributed by atoms with E-state index in [2.05, 4.69) is 9.98 Å². The Morgan fingerprint density at radius 2 is 2.14 bits per heavy atom. The molecule has 2 aliphatic rings. The molecule has 0 spiro atoms. The van der Waals surface area contributed by atoms with Crippen molar-refractivity contribution in [3.8, 4) is 0 Å². The van der Waals surface area contributed by atoms with Gasteiger partial charge in [0, 0.05) is 18.1 Å². The zero-order valence-corrected chi connectivity index (χ0v) is 16.1. The number of aliphatic hydroxyl groups excluding tert-OH is 1. The first-order valence-electron chi connectivity index (χ1n) is 8.69. The number of aliphatic hydroxyl groups is 1. The summed E-state index contributed by atoms with van der Waals surface area (Å²) in [5, 5.41) is 9.25. The first-order chi connectivity index (χ1) is 13.0. The van der Waals surface area contributed by atoms with Crippen LogP contribution in [0.3, 0.4) is 0 Å². The van der Waals surface area contributed by atoms with Crippen molar-refractivity contribution in [1.29, 1.82) is 0 Å². The smallest absolute Gasteiger partial charge is 0.336 e. The molecule has 0 bridgehead atoms. The van der Waals surface area contributed by atoms with Crippen LogP contribution in [0.4, 0.5) is 10.2 Å². The summed E-state index contributed by atoms with van der Waals surface area (Å²) in [6.45, 7) is 2.66. The van der Waals surface area contributed by atoms with Gasteiger partial charge >= 0.3 is 7.60 Å². The van der Waals surface area contributed by atoms with Gasteiger partial charge in [0.05, 0.1) is 19.4 Å². The highest BCUT2D eigenvalue weighted by Crippen LogP contribution is 2.54. The largest absolute Gasteiger partial charge is 0.394 e. The lowest BCUT2D eigenvalue weighted by Crippen LogP contribution is -2.30. The van der Waals surface area contributed by atoms with E-state index in [-0.39, 0.29) is 36.1 Å². The van der Waals surface area contributed by atoms with Crippen LogP contribution in [-0.4, -0.2) is 66.3 Å². The predicted octanol–water partition coefficient (Wildman–Crippen LogP) is 0.931. The van der Waals surface area contributed by atoms with E-state index in [0.717, 1.165) is 10.9 Å². The van der Waals surface area contributed by atoms with Crippen LogP contribution < -0.4 is 0 Å². The highest BCUT2D eigenvalue weighted by Gasteiger charge is 2.55. The van der Waals surface area contributed by atoms with Crippen LogP contribution in [0, 0.1) is 5.92 Å². The molecule has 0 amide bonds. The molecule has 2 aliphatic heterocycles. The highest BCUT2D eigenvalue weighted by molar-refractivity contribution is 7.52. The number of hydrogen-bond donors (Lipinski definition) is 3. The summed E-state index contributed by atoms with van der Waals surface area (Å²) < 4.78 is 32.7. The van der Waals surface area contributed by atoms with Crippen molar-refractivity contribution in [1.82, 2.24) is 9.55 Å². The van der Waals surface area contributed by atoms with E-state index in [1.807, 2.05) is 0 Å². The monoisotopic (exact) mass is 417 g/mol. The summed E-state index contributed by atoms with van der Waals surface area (Å²) in [5.74, 6) is -0.817. The number of aliphatic imine (C=N–C) groups is 1. The second-order valence-electron chi connectivity index (χ2n) is 7.17. The molecule has 154 valence electrons. The van der Waals surface area contributed by atoms with Gasteiger partial charge in [-0.25, -0.2) is 14.4 Å². The first kappa shape index (κ1) is 20.9. The number of halogens is 1. The number of carbonyl (C=O) groups excluding carboxylic acids is 2. The molecular weight excluding hydrogens is 396 g/mol. The van der Waals surface area contributed by atoms with E-state index in [4.69, 9.17) is 4.74 Å². The van der Waals surface area contributed by atoms with E-state index in [0.29, 0.717) is 5.71 Å². The lowest BCUT2D eigenvalue weighted by molar-refractivity contribution is -0.120. The number of imidazole rings is 1. The van der Waals surface area contributed by atoms with Crippen LogP contribution in [0.5, 0.6) is 0 Å². The molecule has 28 heavy (non-hydrogen) atoms. The summed E-state index contributed by atoms with van der Waals surface area (Å²) in [4.78, 5) is 51.7. The van der Waals surface area contributed by atoms with Gasteiger partial charge < -0.3 is 19.6 Å². The number of ether oxygens (including phenoxy) is 1.